The van der Waals surface area contributed by atoms with Crippen LogP contribution in [-0.2, 0) is 10.2 Å². The molecular formula is C11H26N2O2S. The maximum absolute atomic E-state index is 11.9. The summed E-state index contributed by atoms with van der Waals surface area (Å²) in [5, 5.41) is 0. The van der Waals surface area contributed by atoms with Gasteiger partial charge in [-0.1, -0.05) is 27.7 Å². The summed E-state index contributed by atoms with van der Waals surface area (Å²) in [5.74, 6) is 0.611. The van der Waals surface area contributed by atoms with E-state index in [0.717, 1.165) is 12.8 Å². The van der Waals surface area contributed by atoms with Crippen LogP contribution in [0, 0.1) is 5.92 Å². The molecule has 0 aromatic carbocycles. The molecule has 0 spiro atoms. The van der Waals surface area contributed by atoms with Crippen LogP contribution in [0.5, 0.6) is 0 Å². The van der Waals surface area contributed by atoms with Gasteiger partial charge in [0.25, 0.3) is 10.2 Å². The fraction of sp³-hybridized carbons (Fsp3) is 1.00. The van der Waals surface area contributed by atoms with Crippen molar-refractivity contribution >= 4 is 10.2 Å². The molecule has 1 atom stereocenters. The first-order valence-electron chi connectivity index (χ1n) is 6.10. The summed E-state index contributed by atoms with van der Waals surface area (Å²) in [6.45, 7) is 10.9. The molecule has 16 heavy (non-hydrogen) atoms. The first-order chi connectivity index (χ1) is 7.33. The van der Waals surface area contributed by atoms with Crippen LogP contribution in [-0.4, -0.2) is 31.9 Å². The minimum absolute atomic E-state index is 0.00741. The number of nitrogens with one attached hydrogen (secondary N) is 1. The molecule has 0 radical (unpaired) electrons. The third kappa shape index (κ3) is 5.82. The summed E-state index contributed by atoms with van der Waals surface area (Å²) in [6.07, 6.45) is 1.93. The second-order valence-corrected chi connectivity index (χ2v) is 6.28. The Balaban J connectivity index is 4.25. The van der Waals surface area contributed by atoms with Gasteiger partial charge in [0.05, 0.1) is 0 Å². The highest BCUT2D eigenvalue weighted by Gasteiger charge is 2.20. The molecule has 0 aliphatic carbocycles. The quantitative estimate of drug-likeness (QED) is 0.716. The van der Waals surface area contributed by atoms with Gasteiger partial charge in [-0.05, 0) is 25.7 Å². The number of hydrogen-bond acceptors (Lipinski definition) is 2. The predicted molar refractivity (Wildman–Crippen MR) is 68.5 cm³/mol. The Morgan fingerprint density at radius 1 is 1.06 bits per heavy atom. The van der Waals surface area contributed by atoms with E-state index in [0.29, 0.717) is 19.0 Å². The average Bonchev–Trinajstić information content (AvgIpc) is 2.15. The Hall–Kier alpha value is -0.130. The summed E-state index contributed by atoms with van der Waals surface area (Å²) < 4.78 is 27.9. The van der Waals surface area contributed by atoms with Gasteiger partial charge in [-0.25, -0.2) is 0 Å². The first-order valence-corrected chi connectivity index (χ1v) is 7.54. The van der Waals surface area contributed by atoms with Gasteiger partial charge in [-0.3, -0.25) is 0 Å². The van der Waals surface area contributed by atoms with Gasteiger partial charge in [0.1, 0.15) is 0 Å². The van der Waals surface area contributed by atoms with Crippen molar-refractivity contribution < 1.29 is 8.42 Å². The molecule has 0 heterocycles. The first kappa shape index (κ1) is 15.9. The maximum atomic E-state index is 11.9. The maximum Gasteiger partial charge on any atom is 0.279 e. The molecular weight excluding hydrogens is 224 g/mol. The van der Waals surface area contributed by atoms with Crippen LogP contribution in [0.3, 0.4) is 0 Å². The van der Waals surface area contributed by atoms with Crippen molar-refractivity contribution in [2.45, 2.75) is 53.5 Å². The Bertz CT molecular complexity index is 272. The van der Waals surface area contributed by atoms with Crippen LogP contribution in [0.4, 0.5) is 0 Å². The zero-order chi connectivity index (χ0) is 12.8. The smallest absolute Gasteiger partial charge is 0.199 e. The molecule has 0 rings (SSSR count). The molecule has 0 saturated heterocycles. The standard InChI is InChI=1S/C11H26N2O2S/c1-6-13(7-2)16(14,15)12-11(5)9-8-10(3)4/h10-12H,6-9H2,1-5H3. The Kier molecular flexibility index (Phi) is 7.19. The molecule has 0 aromatic heterocycles. The highest BCUT2D eigenvalue weighted by atomic mass is 32.2. The second-order valence-electron chi connectivity index (χ2n) is 4.58. The van der Waals surface area contributed by atoms with Crippen LogP contribution in [0.15, 0.2) is 0 Å². The molecule has 0 bridgehead atoms. The molecule has 0 aromatic rings. The lowest BCUT2D eigenvalue weighted by Gasteiger charge is -2.22. The third-order valence-corrected chi connectivity index (χ3v) is 4.47. The second kappa shape index (κ2) is 7.25. The average molecular weight is 250 g/mol. The zero-order valence-electron chi connectivity index (χ0n) is 11.2. The highest BCUT2D eigenvalue weighted by Crippen LogP contribution is 2.08. The van der Waals surface area contributed by atoms with Gasteiger partial charge >= 0.3 is 0 Å². The van der Waals surface area contributed by atoms with E-state index < -0.39 is 10.2 Å². The normalized spacial score (nSPS) is 14.7. The van der Waals surface area contributed by atoms with E-state index in [1.165, 1.54) is 4.31 Å². The molecule has 4 nitrogen and oxygen atoms in total. The fourth-order valence-electron chi connectivity index (χ4n) is 1.53. The molecule has 0 amide bonds. The molecule has 0 fully saturated rings. The van der Waals surface area contributed by atoms with Crippen molar-refractivity contribution in [3.8, 4) is 0 Å². The molecule has 1 unspecified atom stereocenters. The lowest BCUT2D eigenvalue weighted by Crippen LogP contribution is -2.44. The van der Waals surface area contributed by atoms with Crippen LogP contribution in [0.25, 0.3) is 0 Å². The van der Waals surface area contributed by atoms with E-state index in [-0.39, 0.29) is 6.04 Å². The van der Waals surface area contributed by atoms with E-state index in [4.69, 9.17) is 0 Å². The van der Waals surface area contributed by atoms with Gasteiger partial charge in [-0.2, -0.15) is 17.4 Å². The largest absolute Gasteiger partial charge is 0.279 e. The van der Waals surface area contributed by atoms with Gasteiger partial charge < -0.3 is 0 Å². The SMILES string of the molecule is CCN(CC)S(=O)(=O)NC(C)CCC(C)C. The Morgan fingerprint density at radius 2 is 1.56 bits per heavy atom. The van der Waals surface area contributed by atoms with E-state index in [1.54, 1.807) is 0 Å². The van der Waals surface area contributed by atoms with Crippen molar-refractivity contribution in [3.05, 3.63) is 0 Å². The molecule has 1 N–H and O–H groups in total. The van der Waals surface area contributed by atoms with Crippen LogP contribution in [0.1, 0.15) is 47.5 Å². The molecule has 0 aliphatic heterocycles. The van der Waals surface area contributed by atoms with Crippen molar-refractivity contribution in [1.82, 2.24) is 9.03 Å². The topological polar surface area (TPSA) is 49.4 Å². The van der Waals surface area contributed by atoms with E-state index >= 15 is 0 Å². The van der Waals surface area contributed by atoms with E-state index in [9.17, 15) is 8.42 Å². The Morgan fingerprint density at radius 3 is 1.94 bits per heavy atom. The van der Waals surface area contributed by atoms with Gasteiger partial charge in [-0.15, -0.1) is 0 Å². The van der Waals surface area contributed by atoms with Gasteiger partial charge in [0.15, 0.2) is 0 Å². The summed E-state index contributed by atoms with van der Waals surface area (Å²) in [7, 11) is -3.29. The zero-order valence-corrected chi connectivity index (χ0v) is 12.0. The molecule has 98 valence electrons. The summed E-state index contributed by atoms with van der Waals surface area (Å²) >= 11 is 0. The molecule has 5 heteroatoms. The minimum atomic E-state index is -3.29. The monoisotopic (exact) mass is 250 g/mol. The third-order valence-electron chi connectivity index (χ3n) is 2.57. The van der Waals surface area contributed by atoms with Crippen molar-refractivity contribution in [3.63, 3.8) is 0 Å². The van der Waals surface area contributed by atoms with Crippen LogP contribution >= 0.6 is 0 Å². The predicted octanol–water partition coefficient (Wildman–Crippen LogP) is 1.99. The number of rotatable bonds is 8. The number of hydrogen-bond donors (Lipinski definition) is 1. The summed E-state index contributed by atoms with van der Waals surface area (Å²) in [4.78, 5) is 0. The highest BCUT2D eigenvalue weighted by molar-refractivity contribution is 7.87. The van der Waals surface area contributed by atoms with Crippen LogP contribution < -0.4 is 4.72 Å². The number of nitrogens with zero attached hydrogens (tertiary/aromatic N) is 1. The molecule has 0 saturated carbocycles. The fourth-order valence-corrected chi connectivity index (χ4v) is 2.99. The van der Waals surface area contributed by atoms with E-state index in [2.05, 4.69) is 18.6 Å². The Labute approximate surface area is 101 Å². The summed E-state index contributed by atoms with van der Waals surface area (Å²) in [5.41, 5.74) is 0. The lowest BCUT2D eigenvalue weighted by molar-refractivity contribution is 0.417. The van der Waals surface area contributed by atoms with Crippen LogP contribution in [0.2, 0.25) is 0 Å². The van der Waals surface area contributed by atoms with Gasteiger partial charge in [0.2, 0.25) is 0 Å². The van der Waals surface area contributed by atoms with Crippen molar-refractivity contribution in [2.24, 2.45) is 5.92 Å². The molecule has 0 aliphatic rings. The minimum Gasteiger partial charge on any atom is -0.199 e. The van der Waals surface area contributed by atoms with E-state index in [1.807, 2.05) is 20.8 Å². The van der Waals surface area contributed by atoms with Gasteiger partial charge in [0, 0.05) is 19.1 Å². The lowest BCUT2D eigenvalue weighted by atomic mass is 10.1. The summed E-state index contributed by atoms with van der Waals surface area (Å²) in [6, 6.07) is 0.00741. The van der Waals surface area contributed by atoms with Crippen molar-refractivity contribution in [1.29, 1.82) is 0 Å². The van der Waals surface area contributed by atoms with Crippen molar-refractivity contribution in [2.75, 3.05) is 13.1 Å².